The minimum atomic E-state index is -0.588. The third kappa shape index (κ3) is 10.1. The zero-order valence-electron chi connectivity index (χ0n) is 24.1. The van der Waals surface area contributed by atoms with Crippen LogP contribution in [0.3, 0.4) is 0 Å². The molecule has 0 aromatic heterocycles. The van der Waals surface area contributed by atoms with Crippen LogP contribution < -0.4 is 0 Å². The van der Waals surface area contributed by atoms with Crippen LogP contribution in [0.15, 0.2) is 76.5 Å². The van der Waals surface area contributed by atoms with Gasteiger partial charge in [-0.05, 0) is 35.8 Å². The van der Waals surface area contributed by atoms with Gasteiger partial charge in [-0.1, -0.05) is 155 Å². The fraction of sp³-hybridized carbons (Fsp3) is 0.486. The van der Waals surface area contributed by atoms with Crippen molar-refractivity contribution in [1.29, 1.82) is 0 Å². The van der Waals surface area contributed by atoms with Gasteiger partial charge in [0.2, 0.25) is 0 Å². The summed E-state index contributed by atoms with van der Waals surface area (Å²) in [5.74, 6) is -1.23. The first-order chi connectivity index (χ1) is 19.5. The summed E-state index contributed by atoms with van der Waals surface area (Å²) in [5.41, 5.74) is 1.87. The van der Waals surface area contributed by atoms with Crippen molar-refractivity contribution in [3.63, 3.8) is 0 Å². The number of unbranched alkanes of at least 4 members (excludes halogenated alkanes) is 13. The van der Waals surface area contributed by atoms with E-state index in [1.807, 2.05) is 54.6 Å². The molecule has 1 amide bonds. The van der Waals surface area contributed by atoms with Crippen LogP contribution in [0.25, 0.3) is 6.08 Å². The third-order valence-electron chi connectivity index (χ3n) is 7.73. The van der Waals surface area contributed by atoms with E-state index in [-0.39, 0.29) is 11.4 Å². The van der Waals surface area contributed by atoms with Gasteiger partial charge < -0.3 is 10.0 Å². The summed E-state index contributed by atoms with van der Waals surface area (Å²) >= 11 is 3.47. The Morgan fingerprint density at radius 2 is 1.32 bits per heavy atom. The molecular formula is C35H46BrNO3. The average molecular weight is 609 g/mol. The van der Waals surface area contributed by atoms with Gasteiger partial charge in [0, 0.05) is 11.0 Å². The summed E-state index contributed by atoms with van der Waals surface area (Å²) in [5, 5.41) is 10.8. The maximum absolute atomic E-state index is 13.3. The number of allylic oxidation sites excluding steroid dienone is 1. The Balaban J connectivity index is 1.49. The second-order valence-corrected chi connectivity index (χ2v) is 11.8. The molecule has 1 aliphatic rings. The van der Waals surface area contributed by atoms with Gasteiger partial charge in [0.1, 0.15) is 0 Å². The lowest BCUT2D eigenvalue weighted by Crippen LogP contribution is -2.32. The Bertz CT molecular complexity index is 1110. The van der Waals surface area contributed by atoms with Crippen LogP contribution in [0, 0.1) is 0 Å². The number of rotatable bonds is 19. The minimum absolute atomic E-state index is 0.157. The second-order valence-electron chi connectivity index (χ2n) is 10.9. The summed E-state index contributed by atoms with van der Waals surface area (Å²) in [4.78, 5) is 28.1. The van der Waals surface area contributed by atoms with Crippen LogP contribution in [-0.4, -0.2) is 28.2 Å². The number of hydrogen-bond acceptors (Lipinski definition) is 3. The van der Waals surface area contributed by atoms with Crippen LogP contribution in [0.4, 0.5) is 0 Å². The molecule has 0 unspecified atom stereocenters. The maximum atomic E-state index is 13.3. The van der Waals surface area contributed by atoms with Crippen molar-refractivity contribution in [2.45, 2.75) is 103 Å². The number of nitrogens with zero attached hydrogens (tertiary/aromatic N) is 1. The topological polar surface area (TPSA) is 57.6 Å². The number of carbonyl (C=O) groups is 2. The van der Waals surface area contributed by atoms with E-state index in [0.717, 1.165) is 34.9 Å². The van der Waals surface area contributed by atoms with E-state index in [9.17, 15) is 14.7 Å². The van der Waals surface area contributed by atoms with E-state index in [1.54, 1.807) is 11.0 Å². The molecule has 3 rings (SSSR count). The smallest absolute Gasteiger partial charge is 0.290 e. The molecule has 216 valence electrons. The quantitative estimate of drug-likeness (QED) is 0.128. The number of aliphatic hydroxyl groups excluding tert-OH is 1. The number of carbonyl (C=O) groups excluding carboxylic acids is 2. The molecule has 2 aromatic carbocycles. The van der Waals surface area contributed by atoms with Crippen molar-refractivity contribution in [2.24, 2.45) is 0 Å². The maximum Gasteiger partial charge on any atom is 0.290 e. The predicted octanol–water partition coefficient (Wildman–Crippen LogP) is 9.91. The highest BCUT2D eigenvalue weighted by Gasteiger charge is 2.42. The monoisotopic (exact) mass is 607 g/mol. The molecule has 0 bridgehead atoms. The van der Waals surface area contributed by atoms with Gasteiger partial charge in [-0.3, -0.25) is 9.59 Å². The lowest BCUT2D eigenvalue weighted by atomic mass is 9.95. The molecule has 0 saturated carbocycles. The summed E-state index contributed by atoms with van der Waals surface area (Å²) in [6.07, 6.45) is 20.9. The molecule has 1 aliphatic heterocycles. The van der Waals surface area contributed by atoms with E-state index < -0.39 is 17.7 Å². The molecule has 40 heavy (non-hydrogen) atoms. The molecule has 0 fully saturated rings. The number of halogens is 1. The number of hydrogen-bond donors (Lipinski definition) is 1. The molecule has 4 nitrogen and oxygen atoms in total. The number of benzene rings is 2. The molecule has 0 radical (unpaired) electrons. The third-order valence-corrected chi connectivity index (χ3v) is 8.26. The van der Waals surface area contributed by atoms with Crippen LogP contribution in [0.5, 0.6) is 0 Å². The Kier molecular flexibility index (Phi) is 14.3. The van der Waals surface area contributed by atoms with Crippen molar-refractivity contribution in [2.75, 3.05) is 6.54 Å². The molecule has 1 heterocycles. The standard InChI is InChI=1S/C35H46BrNO3/c1-2-3-4-5-6-7-8-9-10-11-12-13-14-18-27-37-33(29-22-24-30(36)25-23-29)32(34(39)35(37)40)31(38)26-21-28-19-16-15-17-20-28/h15-17,19-26,33,39H,2-14,18,27H2,1H3/b26-21+/t33-/m0/s1. The van der Waals surface area contributed by atoms with Gasteiger partial charge in [0.25, 0.3) is 5.91 Å². The molecule has 0 spiro atoms. The highest BCUT2D eigenvalue weighted by molar-refractivity contribution is 9.10. The summed E-state index contributed by atoms with van der Waals surface area (Å²) in [6, 6.07) is 16.6. The van der Waals surface area contributed by atoms with Gasteiger partial charge >= 0.3 is 0 Å². The van der Waals surface area contributed by atoms with Crippen LogP contribution in [0.2, 0.25) is 0 Å². The molecule has 1 atom stereocenters. The summed E-state index contributed by atoms with van der Waals surface area (Å²) in [7, 11) is 0. The van der Waals surface area contributed by atoms with Crippen molar-refractivity contribution in [3.8, 4) is 0 Å². The molecule has 2 aromatic rings. The largest absolute Gasteiger partial charge is 0.503 e. The minimum Gasteiger partial charge on any atom is -0.503 e. The SMILES string of the molecule is CCCCCCCCCCCCCCCCN1C(=O)C(O)=C(C(=O)/C=C/c2ccccc2)[C@@H]1c1ccc(Br)cc1. The van der Waals surface area contributed by atoms with Crippen molar-refractivity contribution in [1.82, 2.24) is 4.90 Å². The van der Waals surface area contributed by atoms with E-state index in [2.05, 4.69) is 22.9 Å². The van der Waals surface area contributed by atoms with Gasteiger partial charge in [0.05, 0.1) is 11.6 Å². The van der Waals surface area contributed by atoms with Crippen LogP contribution in [-0.2, 0) is 9.59 Å². The number of ketones is 1. The second kappa shape index (κ2) is 17.9. The van der Waals surface area contributed by atoms with Crippen molar-refractivity contribution >= 4 is 33.7 Å². The molecular weight excluding hydrogens is 562 g/mol. The summed E-state index contributed by atoms with van der Waals surface area (Å²) in [6.45, 7) is 2.78. The molecule has 0 aliphatic carbocycles. The normalized spacial score (nSPS) is 15.5. The van der Waals surface area contributed by atoms with E-state index >= 15 is 0 Å². The fourth-order valence-electron chi connectivity index (χ4n) is 5.43. The Morgan fingerprint density at radius 3 is 1.88 bits per heavy atom. The molecule has 5 heteroatoms. The first-order valence-electron chi connectivity index (χ1n) is 15.3. The highest BCUT2D eigenvalue weighted by atomic mass is 79.9. The zero-order chi connectivity index (χ0) is 28.6. The van der Waals surface area contributed by atoms with Gasteiger partial charge in [-0.15, -0.1) is 0 Å². The molecule has 1 N–H and O–H groups in total. The van der Waals surface area contributed by atoms with Gasteiger partial charge in [-0.2, -0.15) is 0 Å². The summed E-state index contributed by atoms with van der Waals surface area (Å²) < 4.78 is 0.921. The van der Waals surface area contributed by atoms with Gasteiger partial charge in [-0.25, -0.2) is 0 Å². The van der Waals surface area contributed by atoms with Crippen LogP contribution >= 0.6 is 15.9 Å². The van der Waals surface area contributed by atoms with Gasteiger partial charge in [0.15, 0.2) is 11.5 Å². The average Bonchev–Trinajstić information content (AvgIpc) is 3.22. The van der Waals surface area contributed by atoms with Crippen molar-refractivity contribution < 1.29 is 14.7 Å². The molecule has 0 saturated heterocycles. The predicted molar refractivity (Wildman–Crippen MR) is 169 cm³/mol. The zero-order valence-corrected chi connectivity index (χ0v) is 25.7. The number of aliphatic hydroxyl groups is 1. The van der Waals surface area contributed by atoms with Crippen LogP contribution in [0.1, 0.15) is 114 Å². The Hall–Kier alpha value is -2.66. The Labute approximate surface area is 249 Å². The van der Waals surface area contributed by atoms with Crippen molar-refractivity contribution in [3.05, 3.63) is 87.6 Å². The van der Waals surface area contributed by atoms with E-state index in [1.165, 1.54) is 76.7 Å². The first-order valence-corrected chi connectivity index (χ1v) is 16.1. The van der Waals surface area contributed by atoms with E-state index in [4.69, 9.17) is 0 Å². The lowest BCUT2D eigenvalue weighted by molar-refractivity contribution is -0.129. The lowest BCUT2D eigenvalue weighted by Gasteiger charge is -2.26. The Morgan fingerprint density at radius 1 is 0.800 bits per heavy atom. The van der Waals surface area contributed by atoms with E-state index in [0.29, 0.717) is 6.54 Å². The number of amides is 1. The fourth-order valence-corrected chi connectivity index (χ4v) is 5.69. The highest BCUT2D eigenvalue weighted by Crippen LogP contribution is 2.38. The first kappa shape index (κ1) is 31.9.